The average molecular weight is 241 g/mol. The second-order valence-electron chi connectivity index (χ2n) is 4.48. The fraction of sp³-hybridized carbons (Fsp3) is 0.231. The molecule has 2 N–H and O–H groups in total. The predicted molar refractivity (Wildman–Crippen MR) is 70.2 cm³/mol. The Morgan fingerprint density at radius 1 is 1.39 bits per heavy atom. The van der Waals surface area contributed by atoms with Gasteiger partial charge in [-0.15, -0.1) is 0 Å². The molecule has 0 fully saturated rings. The molecule has 0 saturated carbocycles. The van der Waals surface area contributed by atoms with Crippen molar-refractivity contribution in [1.29, 1.82) is 0 Å². The zero-order valence-electron chi connectivity index (χ0n) is 10.2. The Morgan fingerprint density at radius 2 is 2.28 bits per heavy atom. The number of nitrogens with zero attached hydrogens (tertiary/aromatic N) is 4. The molecule has 0 aliphatic rings. The summed E-state index contributed by atoms with van der Waals surface area (Å²) in [5.74, 6) is 0. The van der Waals surface area contributed by atoms with Gasteiger partial charge in [0.2, 0.25) is 0 Å². The standard InChI is InChI=1S/C13H15N5/c1-10(17-6-5-15-9-17)7-11-3-2-4-13-12(14)8-16-18(11)13/h2-6,8-10H,7,14H2,1H3. The SMILES string of the molecule is CC(Cc1cccc2c(N)cnn12)n1ccnc1. The zero-order chi connectivity index (χ0) is 12.5. The number of nitrogens with two attached hydrogens (primary N) is 1. The van der Waals surface area contributed by atoms with Gasteiger partial charge in [0.1, 0.15) is 0 Å². The Bertz CT molecular complexity index is 653. The number of aromatic nitrogens is 4. The maximum atomic E-state index is 5.87. The Kier molecular flexibility index (Phi) is 2.51. The number of hydrogen-bond donors (Lipinski definition) is 1. The van der Waals surface area contributed by atoms with E-state index in [2.05, 4.69) is 27.6 Å². The van der Waals surface area contributed by atoms with Crippen molar-refractivity contribution in [3.8, 4) is 0 Å². The van der Waals surface area contributed by atoms with Crippen LogP contribution in [-0.2, 0) is 6.42 Å². The van der Waals surface area contributed by atoms with Gasteiger partial charge in [-0.05, 0) is 19.1 Å². The first-order valence-corrected chi connectivity index (χ1v) is 5.94. The van der Waals surface area contributed by atoms with Crippen molar-refractivity contribution in [1.82, 2.24) is 19.2 Å². The van der Waals surface area contributed by atoms with Crippen LogP contribution in [0.1, 0.15) is 18.7 Å². The third-order valence-electron chi connectivity index (χ3n) is 3.19. The molecular weight excluding hydrogens is 226 g/mol. The van der Waals surface area contributed by atoms with Gasteiger partial charge < -0.3 is 10.3 Å². The number of pyridine rings is 1. The van der Waals surface area contributed by atoms with Crippen molar-refractivity contribution in [2.45, 2.75) is 19.4 Å². The number of fused-ring (bicyclic) bond motifs is 1. The summed E-state index contributed by atoms with van der Waals surface area (Å²) < 4.78 is 3.99. The molecule has 0 aromatic carbocycles. The summed E-state index contributed by atoms with van der Waals surface area (Å²) in [6.45, 7) is 2.16. The highest BCUT2D eigenvalue weighted by atomic mass is 15.2. The molecule has 0 aliphatic heterocycles. The van der Waals surface area contributed by atoms with Crippen LogP contribution in [0.3, 0.4) is 0 Å². The fourth-order valence-corrected chi connectivity index (χ4v) is 2.18. The smallest absolute Gasteiger partial charge is 0.0948 e. The van der Waals surface area contributed by atoms with Crippen LogP contribution in [0.25, 0.3) is 5.52 Å². The van der Waals surface area contributed by atoms with E-state index in [4.69, 9.17) is 5.73 Å². The highest BCUT2D eigenvalue weighted by Gasteiger charge is 2.09. The van der Waals surface area contributed by atoms with Crippen LogP contribution in [0.5, 0.6) is 0 Å². The van der Waals surface area contributed by atoms with Crippen LogP contribution >= 0.6 is 0 Å². The Balaban J connectivity index is 1.95. The molecule has 5 nitrogen and oxygen atoms in total. The van der Waals surface area contributed by atoms with Crippen LogP contribution in [0, 0.1) is 0 Å². The van der Waals surface area contributed by atoms with Gasteiger partial charge in [-0.25, -0.2) is 9.50 Å². The van der Waals surface area contributed by atoms with Gasteiger partial charge in [-0.2, -0.15) is 5.10 Å². The molecule has 0 radical (unpaired) electrons. The molecule has 0 amide bonds. The largest absolute Gasteiger partial charge is 0.396 e. The van der Waals surface area contributed by atoms with E-state index in [9.17, 15) is 0 Å². The van der Waals surface area contributed by atoms with Crippen molar-refractivity contribution in [3.63, 3.8) is 0 Å². The fourth-order valence-electron chi connectivity index (χ4n) is 2.18. The van der Waals surface area contributed by atoms with Crippen molar-refractivity contribution in [3.05, 3.63) is 48.8 Å². The quantitative estimate of drug-likeness (QED) is 0.762. The zero-order valence-corrected chi connectivity index (χ0v) is 10.2. The molecule has 18 heavy (non-hydrogen) atoms. The van der Waals surface area contributed by atoms with Crippen LogP contribution in [0.4, 0.5) is 5.69 Å². The Hall–Kier alpha value is -2.30. The maximum absolute atomic E-state index is 5.87. The van der Waals surface area contributed by atoms with Gasteiger partial charge >= 0.3 is 0 Å². The van der Waals surface area contributed by atoms with Crippen molar-refractivity contribution in [2.75, 3.05) is 5.73 Å². The lowest BCUT2D eigenvalue weighted by molar-refractivity contribution is 0.531. The molecule has 0 aliphatic carbocycles. The summed E-state index contributed by atoms with van der Waals surface area (Å²) >= 11 is 0. The van der Waals surface area contributed by atoms with E-state index in [1.54, 1.807) is 12.4 Å². The molecule has 1 unspecified atom stereocenters. The summed E-state index contributed by atoms with van der Waals surface area (Å²) in [6.07, 6.45) is 8.18. The maximum Gasteiger partial charge on any atom is 0.0948 e. The Morgan fingerprint density at radius 3 is 3.06 bits per heavy atom. The van der Waals surface area contributed by atoms with Crippen molar-refractivity contribution >= 4 is 11.2 Å². The number of nitrogen functional groups attached to an aromatic ring is 1. The van der Waals surface area contributed by atoms with E-state index in [0.29, 0.717) is 11.7 Å². The van der Waals surface area contributed by atoms with E-state index in [-0.39, 0.29) is 0 Å². The minimum atomic E-state index is 0.337. The minimum Gasteiger partial charge on any atom is -0.396 e. The molecule has 3 rings (SSSR count). The molecule has 3 heterocycles. The summed E-state index contributed by atoms with van der Waals surface area (Å²) in [6, 6.07) is 6.41. The first-order valence-electron chi connectivity index (χ1n) is 5.94. The van der Waals surface area contributed by atoms with E-state index in [1.165, 1.54) is 0 Å². The van der Waals surface area contributed by atoms with Gasteiger partial charge in [0.25, 0.3) is 0 Å². The number of rotatable bonds is 3. The van der Waals surface area contributed by atoms with E-state index in [1.807, 2.05) is 29.2 Å². The number of anilines is 1. The van der Waals surface area contributed by atoms with Crippen molar-refractivity contribution < 1.29 is 0 Å². The summed E-state index contributed by atoms with van der Waals surface area (Å²) in [5, 5.41) is 4.32. The second-order valence-corrected chi connectivity index (χ2v) is 4.48. The van der Waals surface area contributed by atoms with E-state index in [0.717, 1.165) is 17.6 Å². The summed E-state index contributed by atoms with van der Waals surface area (Å²) in [4.78, 5) is 4.07. The molecule has 92 valence electrons. The highest BCUT2D eigenvalue weighted by Crippen LogP contribution is 2.18. The van der Waals surface area contributed by atoms with Crippen LogP contribution in [-0.4, -0.2) is 19.2 Å². The third kappa shape index (κ3) is 1.73. The molecule has 0 bridgehead atoms. The summed E-state index contributed by atoms with van der Waals surface area (Å²) in [7, 11) is 0. The molecule has 0 saturated heterocycles. The normalized spacial score (nSPS) is 12.9. The highest BCUT2D eigenvalue weighted by molar-refractivity contribution is 5.68. The summed E-state index contributed by atoms with van der Waals surface area (Å²) in [5.41, 5.74) is 8.69. The first-order chi connectivity index (χ1) is 8.75. The van der Waals surface area contributed by atoms with Gasteiger partial charge in [0, 0.05) is 30.6 Å². The second kappa shape index (κ2) is 4.18. The van der Waals surface area contributed by atoms with E-state index < -0.39 is 0 Å². The minimum absolute atomic E-state index is 0.337. The monoisotopic (exact) mass is 241 g/mol. The Labute approximate surface area is 105 Å². The van der Waals surface area contributed by atoms with Gasteiger partial charge in [0.15, 0.2) is 0 Å². The molecular formula is C13H15N5. The molecule has 3 aromatic heterocycles. The lowest BCUT2D eigenvalue weighted by atomic mass is 10.1. The molecule has 3 aromatic rings. The molecule has 0 spiro atoms. The third-order valence-corrected chi connectivity index (χ3v) is 3.19. The van der Waals surface area contributed by atoms with Gasteiger partial charge in [0.05, 0.1) is 23.7 Å². The van der Waals surface area contributed by atoms with Crippen LogP contribution in [0.2, 0.25) is 0 Å². The van der Waals surface area contributed by atoms with E-state index >= 15 is 0 Å². The van der Waals surface area contributed by atoms with Crippen LogP contribution in [0.15, 0.2) is 43.1 Å². The average Bonchev–Trinajstić information content (AvgIpc) is 3.00. The predicted octanol–water partition coefficient (Wildman–Crippen LogP) is 1.92. The van der Waals surface area contributed by atoms with Gasteiger partial charge in [-0.1, -0.05) is 6.07 Å². The van der Waals surface area contributed by atoms with Crippen molar-refractivity contribution in [2.24, 2.45) is 0 Å². The van der Waals surface area contributed by atoms with Crippen LogP contribution < -0.4 is 5.73 Å². The first kappa shape index (κ1) is 10.8. The van der Waals surface area contributed by atoms with Gasteiger partial charge in [-0.3, -0.25) is 0 Å². The number of imidazole rings is 1. The topological polar surface area (TPSA) is 61.1 Å². The number of hydrogen-bond acceptors (Lipinski definition) is 3. The lowest BCUT2D eigenvalue weighted by Gasteiger charge is -2.13. The molecule has 5 heteroatoms. The molecule has 1 atom stereocenters. The lowest BCUT2D eigenvalue weighted by Crippen LogP contribution is -2.09.